The molecule has 16 heavy (non-hydrogen) atoms. The van der Waals surface area contributed by atoms with Crippen molar-refractivity contribution in [1.29, 1.82) is 0 Å². The molecule has 0 saturated carbocycles. The molecule has 0 aliphatic carbocycles. The van der Waals surface area contributed by atoms with Gasteiger partial charge >= 0.3 is 0 Å². The molecule has 0 unspecified atom stereocenters. The van der Waals surface area contributed by atoms with Crippen molar-refractivity contribution in [3.05, 3.63) is 54.4 Å². The standard InChI is InChI=1S/C14H16N2/c1-14(2,15)13-12(9-6-10-16-13)11-7-4-3-5-8-11/h3-10H,15H2,1-2H3. The van der Waals surface area contributed by atoms with E-state index in [2.05, 4.69) is 23.2 Å². The number of nitrogens with zero attached hydrogens (tertiary/aromatic N) is 1. The maximum absolute atomic E-state index is 6.13. The number of aromatic nitrogens is 1. The highest BCUT2D eigenvalue weighted by molar-refractivity contribution is 5.66. The van der Waals surface area contributed by atoms with Crippen LogP contribution in [0.3, 0.4) is 0 Å². The van der Waals surface area contributed by atoms with E-state index in [9.17, 15) is 0 Å². The van der Waals surface area contributed by atoms with Crippen LogP contribution in [0, 0.1) is 0 Å². The molecule has 0 radical (unpaired) electrons. The first-order valence-corrected chi connectivity index (χ1v) is 5.39. The Kier molecular flexibility index (Phi) is 2.75. The molecule has 0 aliphatic heterocycles. The lowest BCUT2D eigenvalue weighted by atomic mass is 9.93. The van der Waals surface area contributed by atoms with Crippen molar-refractivity contribution in [3.8, 4) is 11.1 Å². The molecule has 0 bridgehead atoms. The molecule has 0 fully saturated rings. The number of rotatable bonds is 2. The van der Waals surface area contributed by atoms with Gasteiger partial charge in [0.05, 0.1) is 11.2 Å². The Labute approximate surface area is 96.1 Å². The minimum Gasteiger partial charge on any atom is -0.321 e. The quantitative estimate of drug-likeness (QED) is 0.831. The zero-order valence-corrected chi connectivity index (χ0v) is 9.64. The first-order chi connectivity index (χ1) is 7.59. The second kappa shape index (κ2) is 4.06. The second-order valence-corrected chi connectivity index (χ2v) is 4.49. The molecular formula is C14H16N2. The summed E-state index contributed by atoms with van der Waals surface area (Å²) in [4.78, 5) is 4.40. The Morgan fingerprint density at radius 3 is 2.31 bits per heavy atom. The van der Waals surface area contributed by atoms with E-state index >= 15 is 0 Å². The summed E-state index contributed by atoms with van der Waals surface area (Å²) in [5.41, 5.74) is 8.90. The van der Waals surface area contributed by atoms with E-state index in [1.165, 1.54) is 0 Å². The fourth-order valence-electron chi connectivity index (χ4n) is 1.77. The van der Waals surface area contributed by atoms with Gasteiger partial charge in [-0.2, -0.15) is 0 Å². The number of pyridine rings is 1. The SMILES string of the molecule is CC(C)(N)c1ncccc1-c1ccccc1. The van der Waals surface area contributed by atoms with Crippen LogP contribution in [0.2, 0.25) is 0 Å². The van der Waals surface area contributed by atoms with Gasteiger partial charge in [0, 0.05) is 11.8 Å². The van der Waals surface area contributed by atoms with Gasteiger partial charge < -0.3 is 5.73 Å². The number of nitrogens with two attached hydrogens (primary N) is 1. The molecule has 2 aromatic rings. The van der Waals surface area contributed by atoms with Crippen LogP contribution in [-0.2, 0) is 5.54 Å². The smallest absolute Gasteiger partial charge is 0.0674 e. The van der Waals surface area contributed by atoms with Crippen molar-refractivity contribution >= 4 is 0 Å². The zero-order valence-electron chi connectivity index (χ0n) is 9.64. The third kappa shape index (κ3) is 2.12. The summed E-state index contributed by atoms with van der Waals surface area (Å²) < 4.78 is 0. The Morgan fingerprint density at radius 2 is 1.69 bits per heavy atom. The van der Waals surface area contributed by atoms with Gasteiger partial charge in [-0.25, -0.2) is 0 Å². The molecule has 1 heterocycles. The lowest BCUT2D eigenvalue weighted by Crippen LogP contribution is -2.30. The van der Waals surface area contributed by atoms with Crippen LogP contribution in [0.15, 0.2) is 48.7 Å². The fraction of sp³-hybridized carbons (Fsp3) is 0.214. The molecular weight excluding hydrogens is 196 g/mol. The summed E-state index contributed by atoms with van der Waals surface area (Å²) >= 11 is 0. The lowest BCUT2D eigenvalue weighted by molar-refractivity contribution is 0.537. The van der Waals surface area contributed by atoms with Gasteiger partial charge in [0.2, 0.25) is 0 Å². The van der Waals surface area contributed by atoms with Crippen LogP contribution in [0.4, 0.5) is 0 Å². The van der Waals surface area contributed by atoms with Gasteiger partial charge in [-0.15, -0.1) is 0 Å². The van der Waals surface area contributed by atoms with Crippen LogP contribution < -0.4 is 5.73 Å². The number of hydrogen-bond acceptors (Lipinski definition) is 2. The van der Waals surface area contributed by atoms with E-state index < -0.39 is 5.54 Å². The predicted octanol–water partition coefficient (Wildman–Crippen LogP) is 2.94. The van der Waals surface area contributed by atoms with Gasteiger partial charge in [0.25, 0.3) is 0 Å². The summed E-state index contributed by atoms with van der Waals surface area (Å²) in [6, 6.07) is 14.2. The molecule has 0 aliphatic rings. The lowest BCUT2D eigenvalue weighted by Gasteiger charge is -2.21. The van der Waals surface area contributed by atoms with Gasteiger partial charge in [-0.05, 0) is 25.5 Å². The minimum absolute atomic E-state index is 0.424. The minimum atomic E-state index is -0.424. The molecule has 82 valence electrons. The normalized spacial score (nSPS) is 11.4. The van der Waals surface area contributed by atoms with Crippen molar-refractivity contribution in [2.45, 2.75) is 19.4 Å². The van der Waals surface area contributed by atoms with Crippen molar-refractivity contribution in [1.82, 2.24) is 4.98 Å². The predicted molar refractivity (Wildman–Crippen MR) is 66.9 cm³/mol. The molecule has 0 atom stereocenters. The van der Waals surface area contributed by atoms with E-state index in [1.54, 1.807) is 6.20 Å². The molecule has 2 rings (SSSR count). The summed E-state index contributed by atoms with van der Waals surface area (Å²) in [6.45, 7) is 3.95. The van der Waals surface area contributed by atoms with E-state index in [0.29, 0.717) is 0 Å². The van der Waals surface area contributed by atoms with E-state index in [0.717, 1.165) is 16.8 Å². The van der Waals surface area contributed by atoms with E-state index in [-0.39, 0.29) is 0 Å². The van der Waals surface area contributed by atoms with Gasteiger partial charge in [-0.3, -0.25) is 4.98 Å². The molecule has 0 saturated heterocycles. The zero-order chi connectivity index (χ0) is 11.6. The van der Waals surface area contributed by atoms with Crippen LogP contribution in [-0.4, -0.2) is 4.98 Å². The third-order valence-corrected chi connectivity index (χ3v) is 2.50. The first kappa shape index (κ1) is 10.8. The fourth-order valence-corrected chi connectivity index (χ4v) is 1.77. The highest BCUT2D eigenvalue weighted by atomic mass is 14.8. The summed E-state index contributed by atoms with van der Waals surface area (Å²) in [6.07, 6.45) is 1.79. The van der Waals surface area contributed by atoms with Crippen molar-refractivity contribution in [2.75, 3.05) is 0 Å². The maximum Gasteiger partial charge on any atom is 0.0674 e. The van der Waals surface area contributed by atoms with E-state index in [1.807, 2.05) is 38.1 Å². The van der Waals surface area contributed by atoms with Crippen molar-refractivity contribution in [3.63, 3.8) is 0 Å². The Hall–Kier alpha value is -1.67. The van der Waals surface area contributed by atoms with Crippen LogP contribution in [0.1, 0.15) is 19.5 Å². The highest BCUT2D eigenvalue weighted by Crippen LogP contribution is 2.27. The monoisotopic (exact) mass is 212 g/mol. The maximum atomic E-state index is 6.13. The Morgan fingerprint density at radius 1 is 1.00 bits per heavy atom. The molecule has 2 N–H and O–H groups in total. The molecule has 1 aromatic carbocycles. The van der Waals surface area contributed by atoms with Gasteiger partial charge in [0.15, 0.2) is 0 Å². The third-order valence-electron chi connectivity index (χ3n) is 2.50. The first-order valence-electron chi connectivity index (χ1n) is 5.39. The average Bonchev–Trinajstić information content (AvgIpc) is 2.29. The van der Waals surface area contributed by atoms with Crippen LogP contribution >= 0.6 is 0 Å². The van der Waals surface area contributed by atoms with Crippen molar-refractivity contribution in [2.24, 2.45) is 5.73 Å². The number of benzene rings is 1. The summed E-state index contributed by atoms with van der Waals surface area (Å²) in [7, 11) is 0. The Bertz CT molecular complexity index is 470. The van der Waals surface area contributed by atoms with Crippen LogP contribution in [0.5, 0.6) is 0 Å². The van der Waals surface area contributed by atoms with Crippen LogP contribution in [0.25, 0.3) is 11.1 Å². The molecule has 2 heteroatoms. The molecule has 1 aromatic heterocycles. The molecule has 0 amide bonds. The summed E-state index contributed by atoms with van der Waals surface area (Å²) in [5, 5.41) is 0. The highest BCUT2D eigenvalue weighted by Gasteiger charge is 2.20. The topological polar surface area (TPSA) is 38.9 Å². The summed E-state index contributed by atoms with van der Waals surface area (Å²) in [5.74, 6) is 0. The van der Waals surface area contributed by atoms with Crippen molar-refractivity contribution < 1.29 is 0 Å². The molecule has 2 nitrogen and oxygen atoms in total. The van der Waals surface area contributed by atoms with E-state index in [4.69, 9.17) is 5.73 Å². The average molecular weight is 212 g/mol. The second-order valence-electron chi connectivity index (χ2n) is 4.49. The van der Waals surface area contributed by atoms with Gasteiger partial charge in [0.1, 0.15) is 0 Å². The largest absolute Gasteiger partial charge is 0.321 e. The Balaban J connectivity index is 2.58. The van der Waals surface area contributed by atoms with Gasteiger partial charge in [-0.1, -0.05) is 36.4 Å². The number of hydrogen-bond donors (Lipinski definition) is 1. The molecule has 0 spiro atoms.